The minimum absolute atomic E-state index is 0.0186. The first-order valence-electron chi connectivity index (χ1n) is 7.63. The van der Waals surface area contributed by atoms with Crippen molar-refractivity contribution < 1.29 is 13.9 Å². The van der Waals surface area contributed by atoms with E-state index in [1.54, 1.807) is 37.6 Å². The second kappa shape index (κ2) is 6.68. The Bertz CT molecular complexity index is 681. The van der Waals surface area contributed by atoms with Gasteiger partial charge in [0.2, 0.25) is 0 Å². The summed E-state index contributed by atoms with van der Waals surface area (Å²) in [5.41, 5.74) is 1.44. The Morgan fingerprint density at radius 3 is 2.78 bits per heavy atom. The van der Waals surface area contributed by atoms with Gasteiger partial charge in [0.15, 0.2) is 11.6 Å². The van der Waals surface area contributed by atoms with E-state index in [1.165, 1.54) is 0 Å². The molecule has 6 heteroatoms. The highest BCUT2D eigenvalue weighted by molar-refractivity contribution is 5.25. The van der Waals surface area contributed by atoms with Gasteiger partial charge in [-0.3, -0.25) is 14.9 Å². The molecule has 4 nitrogen and oxygen atoms in total. The van der Waals surface area contributed by atoms with Crippen LogP contribution in [0.4, 0.5) is 8.78 Å². The molecule has 0 unspecified atom stereocenters. The summed E-state index contributed by atoms with van der Waals surface area (Å²) >= 11 is 0. The molecule has 0 spiro atoms. The molecule has 1 aromatic heterocycles. The third-order valence-electron chi connectivity index (χ3n) is 4.32. The zero-order chi connectivity index (χ0) is 16.4. The number of likely N-dealkylation sites (tertiary alicyclic amines) is 1. The maximum atomic E-state index is 14.0. The van der Waals surface area contributed by atoms with E-state index in [-0.39, 0.29) is 12.5 Å². The van der Waals surface area contributed by atoms with Crippen molar-refractivity contribution in [1.29, 1.82) is 0 Å². The second-order valence-electron chi connectivity index (χ2n) is 6.09. The summed E-state index contributed by atoms with van der Waals surface area (Å²) in [6.07, 6.45) is 5.03. The Kier molecular flexibility index (Phi) is 4.63. The van der Waals surface area contributed by atoms with Gasteiger partial charge >= 0.3 is 0 Å². The highest BCUT2D eigenvalue weighted by Gasteiger charge is 2.32. The van der Waals surface area contributed by atoms with Gasteiger partial charge in [-0.1, -0.05) is 12.1 Å². The number of aliphatic hydroxyl groups excluding tert-OH is 1. The van der Waals surface area contributed by atoms with Gasteiger partial charge in [-0.15, -0.1) is 0 Å². The molecule has 1 saturated heterocycles. The highest BCUT2D eigenvalue weighted by Crippen LogP contribution is 2.24. The quantitative estimate of drug-likeness (QED) is 0.938. The van der Waals surface area contributed by atoms with Crippen LogP contribution in [0.2, 0.25) is 0 Å². The molecule has 1 aromatic carbocycles. The summed E-state index contributed by atoms with van der Waals surface area (Å²) in [6.45, 7) is 2.89. The zero-order valence-corrected chi connectivity index (χ0v) is 12.9. The Hall–Kier alpha value is -1.92. The minimum atomic E-state index is -0.795. The molecule has 1 aliphatic rings. The van der Waals surface area contributed by atoms with E-state index in [9.17, 15) is 13.9 Å². The van der Waals surface area contributed by atoms with Gasteiger partial charge in [0.25, 0.3) is 0 Å². The van der Waals surface area contributed by atoms with Crippen LogP contribution in [0.5, 0.6) is 0 Å². The van der Waals surface area contributed by atoms with E-state index in [0.717, 1.165) is 5.69 Å². The molecule has 3 rings (SSSR count). The summed E-state index contributed by atoms with van der Waals surface area (Å²) in [6, 6.07) is 3.19. The SMILES string of the molecule is Cc1ccc(CN2C[C@@H](Cc3cnccn3)[C@H](O)C2)c(F)c1F. The first-order valence-corrected chi connectivity index (χ1v) is 7.63. The van der Waals surface area contributed by atoms with Crippen LogP contribution in [0.15, 0.2) is 30.7 Å². The van der Waals surface area contributed by atoms with Gasteiger partial charge in [-0.25, -0.2) is 8.78 Å². The van der Waals surface area contributed by atoms with Crippen LogP contribution in [0.25, 0.3) is 0 Å². The number of rotatable bonds is 4. The van der Waals surface area contributed by atoms with Gasteiger partial charge in [0.05, 0.1) is 11.8 Å². The van der Waals surface area contributed by atoms with E-state index in [4.69, 9.17) is 0 Å². The second-order valence-corrected chi connectivity index (χ2v) is 6.09. The Morgan fingerprint density at radius 1 is 1.22 bits per heavy atom. The topological polar surface area (TPSA) is 49.2 Å². The molecule has 2 aromatic rings. The van der Waals surface area contributed by atoms with Crippen molar-refractivity contribution in [3.63, 3.8) is 0 Å². The van der Waals surface area contributed by atoms with Gasteiger partial charge in [-0.05, 0) is 18.9 Å². The predicted octanol–water partition coefficient (Wildman–Crippen LogP) is 2.10. The lowest BCUT2D eigenvalue weighted by Gasteiger charge is -2.16. The molecule has 0 aliphatic carbocycles. The smallest absolute Gasteiger partial charge is 0.163 e. The average molecular weight is 319 g/mol. The fraction of sp³-hybridized carbons (Fsp3) is 0.412. The molecular weight excluding hydrogens is 300 g/mol. The molecule has 23 heavy (non-hydrogen) atoms. The predicted molar refractivity (Wildman–Crippen MR) is 81.6 cm³/mol. The number of aromatic nitrogens is 2. The Labute approximate surface area is 133 Å². The number of hydrogen-bond acceptors (Lipinski definition) is 4. The minimum Gasteiger partial charge on any atom is -0.391 e. The van der Waals surface area contributed by atoms with Gasteiger partial charge in [-0.2, -0.15) is 0 Å². The lowest BCUT2D eigenvalue weighted by molar-refractivity contribution is 0.140. The monoisotopic (exact) mass is 319 g/mol. The summed E-state index contributed by atoms with van der Waals surface area (Å²) in [5.74, 6) is -1.57. The number of hydrogen-bond donors (Lipinski definition) is 1. The Balaban J connectivity index is 1.66. The van der Waals surface area contributed by atoms with Crippen LogP contribution in [0.1, 0.15) is 16.8 Å². The van der Waals surface area contributed by atoms with E-state index in [0.29, 0.717) is 30.6 Å². The first kappa shape index (κ1) is 16.0. The normalized spacial score (nSPS) is 21.7. The fourth-order valence-corrected chi connectivity index (χ4v) is 3.02. The molecule has 2 atom stereocenters. The van der Waals surface area contributed by atoms with Crippen molar-refractivity contribution in [3.05, 3.63) is 59.2 Å². The molecule has 1 aliphatic heterocycles. The number of β-amino-alcohol motifs (C(OH)–C–C–N with tert-alkyl or cyclic N) is 1. The maximum absolute atomic E-state index is 14.0. The molecular formula is C17H19F2N3O. The first-order chi connectivity index (χ1) is 11.0. The van der Waals surface area contributed by atoms with Crippen molar-refractivity contribution >= 4 is 0 Å². The zero-order valence-electron chi connectivity index (χ0n) is 12.9. The van der Waals surface area contributed by atoms with Crippen molar-refractivity contribution in [2.75, 3.05) is 13.1 Å². The van der Waals surface area contributed by atoms with E-state index in [2.05, 4.69) is 9.97 Å². The summed E-state index contributed by atoms with van der Waals surface area (Å²) < 4.78 is 27.6. The standard InChI is InChI=1S/C17H19F2N3O/c1-11-2-3-12(17(19)16(11)18)8-22-9-13(15(23)10-22)6-14-7-20-4-5-21-14/h2-5,7,13,15,23H,6,8-10H2,1H3/t13-,15-/m1/s1. The van der Waals surface area contributed by atoms with Crippen LogP contribution >= 0.6 is 0 Å². The number of aryl methyl sites for hydroxylation is 1. The summed E-state index contributed by atoms with van der Waals surface area (Å²) in [4.78, 5) is 10.2. The van der Waals surface area contributed by atoms with Crippen LogP contribution in [-0.2, 0) is 13.0 Å². The lowest BCUT2D eigenvalue weighted by atomic mass is 10.0. The maximum Gasteiger partial charge on any atom is 0.163 e. The molecule has 1 fully saturated rings. The van der Waals surface area contributed by atoms with E-state index in [1.807, 2.05) is 4.90 Å². The summed E-state index contributed by atoms with van der Waals surface area (Å²) in [7, 11) is 0. The number of benzene rings is 1. The fourth-order valence-electron chi connectivity index (χ4n) is 3.02. The van der Waals surface area contributed by atoms with Crippen LogP contribution < -0.4 is 0 Å². The Morgan fingerprint density at radius 2 is 2.04 bits per heavy atom. The average Bonchev–Trinajstić information content (AvgIpc) is 2.89. The molecule has 0 bridgehead atoms. The van der Waals surface area contributed by atoms with Crippen molar-refractivity contribution in [2.45, 2.75) is 26.0 Å². The highest BCUT2D eigenvalue weighted by atomic mass is 19.2. The van der Waals surface area contributed by atoms with Gasteiger partial charge in [0, 0.05) is 49.7 Å². The van der Waals surface area contributed by atoms with Crippen molar-refractivity contribution in [2.24, 2.45) is 5.92 Å². The van der Waals surface area contributed by atoms with Crippen molar-refractivity contribution in [3.8, 4) is 0 Å². The molecule has 2 heterocycles. The molecule has 0 radical (unpaired) electrons. The molecule has 1 N–H and O–H groups in total. The largest absolute Gasteiger partial charge is 0.391 e. The molecule has 0 amide bonds. The van der Waals surface area contributed by atoms with E-state index >= 15 is 0 Å². The molecule has 0 saturated carbocycles. The third kappa shape index (κ3) is 3.54. The number of aliphatic hydroxyl groups is 1. The lowest BCUT2D eigenvalue weighted by Crippen LogP contribution is -2.22. The summed E-state index contributed by atoms with van der Waals surface area (Å²) in [5, 5.41) is 10.2. The number of halogens is 2. The van der Waals surface area contributed by atoms with Crippen LogP contribution in [0.3, 0.4) is 0 Å². The molecule has 122 valence electrons. The third-order valence-corrected chi connectivity index (χ3v) is 4.32. The van der Waals surface area contributed by atoms with E-state index < -0.39 is 17.7 Å². The van der Waals surface area contributed by atoms with Crippen LogP contribution in [-0.4, -0.2) is 39.2 Å². The van der Waals surface area contributed by atoms with Gasteiger partial charge in [0.1, 0.15) is 0 Å². The number of nitrogens with zero attached hydrogens (tertiary/aromatic N) is 3. The van der Waals surface area contributed by atoms with Gasteiger partial charge < -0.3 is 5.11 Å². The van der Waals surface area contributed by atoms with Crippen LogP contribution in [0, 0.1) is 24.5 Å². The van der Waals surface area contributed by atoms with Crippen molar-refractivity contribution in [1.82, 2.24) is 14.9 Å².